The van der Waals surface area contributed by atoms with Crippen LogP contribution in [0.4, 0.5) is 4.79 Å². The van der Waals surface area contributed by atoms with Crippen LogP contribution in [0.3, 0.4) is 0 Å². The van der Waals surface area contributed by atoms with Gasteiger partial charge in [-0.3, -0.25) is 0 Å². The minimum atomic E-state index is 0.0354. The Hall–Kier alpha value is -0.810. The maximum absolute atomic E-state index is 11.9. The standard InChI is InChI=1S/C15H29N3O2/c1-13-3-8-17(9-4-13)7-2-6-16-15(20)18-10-5-14(11-18)12-19/h13-14,19H,2-12H2,1H3,(H,16,20). The molecule has 0 spiro atoms. The fourth-order valence-electron chi connectivity index (χ4n) is 3.06. The van der Waals surface area contributed by atoms with E-state index in [0.717, 1.165) is 38.4 Å². The molecule has 2 rings (SSSR count). The van der Waals surface area contributed by atoms with Gasteiger partial charge in [0, 0.05) is 32.2 Å². The van der Waals surface area contributed by atoms with Gasteiger partial charge in [0.1, 0.15) is 0 Å². The van der Waals surface area contributed by atoms with E-state index < -0.39 is 0 Å². The molecule has 0 aliphatic carbocycles. The minimum absolute atomic E-state index is 0.0354. The van der Waals surface area contributed by atoms with Gasteiger partial charge in [-0.2, -0.15) is 0 Å². The summed E-state index contributed by atoms with van der Waals surface area (Å²) in [7, 11) is 0. The minimum Gasteiger partial charge on any atom is -0.396 e. The van der Waals surface area contributed by atoms with Gasteiger partial charge in [0.25, 0.3) is 0 Å². The van der Waals surface area contributed by atoms with Gasteiger partial charge in [0.05, 0.1) is 0 Å². The summed E-state index contributed by atoms with van der Waals surface area (Å²) in [5.41, 5.74) is 0. The first-order chi connectivity index (χ1) is 9.69. The van der Waals surface area contributed by atoms with Gasteiger partial charge >= 0.3 is 6.03 Å². The Balaban J connectivity index is 1.53. The maximum Gasteiger partial charge on any atom is 0.317 e. The normalized spacial score (nSPS) is 25.1. The molecule has 2 saturated heterocycles. The molecule has 0 bridgehead atoms. The molecule has 1 unspecified atom stereocenters. The van der Waals surface area contributed by atoms with E-state index in [4.69, 9.17) is 5.11 Å². The summed E-state index contributed by atoms with van der Waals surface area (Å²) in [6.45, 7) is 8.26. The molecule has 2 fully saturated rings. The van der Waals surface area contributed by atoms with Crippen LogP contribution in [0.25, 0.3) is 0 Å². The van der Waals surface area contributed by atoms with Crippen molar-refractivity contribution in [3.05, 3.63) is 0 Å². The molecule has 20 heavy (non-hydrogen) atoms. The average molecular weight is 283 g/mol. The third-order valence-corrected chi connectivity index (χ3v) is 4.63. The second-order valence-corrected chi connectivity index (χ2v) is 6.39. The molecule has 1 atom stereocenters. The van der Waals surface area contributed by atoms with Gasteiger partial charge in [-0.1, -0.05) is 6.92 Å². The summed E-state index contributed by atoms with van der Waals surface area (Å²) in [6.07, 6.45) is 4.57. The highest BCUT2D eigenvalue weighted by molar-refractivity contribution is 5.74. The Labute approximate surface area is 122 Å². The zero-order valence-electron chi connectivity index (χ0n) is 12.7. The van der Waals surface area contributed by atoms with Crippen molar-refractivity contribution in [2.45, 2.75) is 32.6 Å². The Morgan fingerprint density at radius 2 is 2.00 bits per heavy atom. The summed E-state index contributed by atoms with van der Waals surface area (Å²) in [6, 6.07) is 0.0354. The van der Waals surface area contributed by atoms with Crippen LogP contribution in [0.5, 0.6) is 0 Å². The number of likely N-dealkylation sites (tertiary alicyclic amines) is 2. The van der Waals surface area contributed by atoms with Gasteiger partial charge in [0.15, 0.2) is 0 Å². The van der Waals surface area contributed by atoms with Crippen molar-refractivity contribution in [1.82, 2.24) is 15.1 Å². The number of hydrogen-bond donors (Lipinski definition) is 2. The van der Waals surface area contributed by atoms with Crippen LogP contribution < -0.4 is 5.32 Å². The monoisotopic (exact) mass is 283 g/mol. The lowest BCUT2D eigenvalue weighted by atomic mass is 9.99. The lowest BCUT2D eigenvalue weighted by Crippen LogP contribution is -2.40. The summed E-state index contributed by atoms with van der Waals surface area (Å²) < 4.78 is 0. The van der Waals surface area contributed by atoms with E-state index in [1.807, 2.05) is 4.90 Å². The fraction of sp³-hybridized carbons (Fsp3) is 0.933. The van der Waals surface area contributed by atoms with Crippen molar-refractivity contribution in [3.8, 4) is 0 Å². The van der Waals surface area contributed by atoms with E-state index in [1.54, 1.807) is 0 Å². The number of piperidine rings is 1. The molecule has 2 N–H and O–H groups in total. The van der Waals surface area contributed by atoms with Crippen molar-refractivity contribution in [2.24, 2.45) is 11.8 Å². The van der Waals surface area contributed by atoms with Gasteiger partial charge in [-0.25, -0.2) is 4.79 Å². The van der Waals surface area contributed by atoms with Crippen molar-refractivity contribution in [3.63, 3.8) is 0 Å². The summed E-state index contributed by atoms with van der Waals surface area (Å²) in [5.74, 6) is 1.15. The molecule has 2 heterocycles. The molecule has 0 saturated carbocycles. The molecule has 0 aromatic carbocycles. The van der Waals surface area contributed by atoms with Crippen LogP contribution in [0.15, 0.2) is 0 Å². The number of amides is 2. The Morgan fingerprint density at radius 3 is 2.65 bits per heavy atom. The SMILES string of the molecule is CC1CCN(CCCNC(=O)N2CCC(CO)C2)CC1. The summed E-state index contributed by atoms with van der Waals surface area (Å²) in [5, 5.41) is 12.1. The van der Waals surface area contributed by atoms with Gasteiger partial charge in [0.2, 0.25) is 0 Å². The van der Waals surface area contributed by atoms with Gasteiger partial charge in [-0.15, -0.1) is 0 Å². The zero-order valence-corrected chi connectivity index (χ0v) is 12.7. The highest BCUT2D eigenvalue weighted by Crippen LogP contribution is 2.16. The third kappa shape index (κ3) is 4.63. The van der Waals surface area contributed by atoms with Crippen molar-refractivity contribution < 1.29 is 9.90 Å². The number of aliphatic hydroxyl groups excluding tert-OH is 1. The number of nitrogens with zero attached hydrogens (tertiary/aromatic N) is 2. The second kappa shape index (κ2) is 7.84. The maximum atomic E-state index is 11.9. The Morgan fingerprint density at radius 1 is 1.25 bits per heavy atom. The van der Waals surface area contributed by atoms with E-state index in [1.165, 1.54) is 25.9 Å². The van der Waals surface area contributed by atoms with Gasteiger partial charge < -0.3 is 20.2 Å². The molecule has 116 valence electrons. The molecule has 5 nitrogen and oxygen atoms in total. The van der Waals surface area contributed by atoms with Gasteiger partial charge in [-0.05, 0) is 51.2 Å². The van der Waals surface area contributed by atoms with E-state index in [9.17, 15) is 4.79 Å². The van der Waals surface area contributed by atoms with E-state index in [0.29, 0.717) is 6.54 Å². The number of carbonyl (C=O) groups excluding carboxylic acids is 1. The number of rotatable bonds is 5. The summed E-state index contributed by atoms with van der Waals surface area (Å²) >= 11 is 0. The van der Waals surface area contributed by atoms with Crippen LogP contribution in [0.1, 0.15) is 32.6 Å². The van der Waals surface area contributed by atoms with E-state index in [2.05, 4.69) is 17.1 Å². The zero-order chi connectivity index (χ0) is 14.4. The van der Waals surface area contributed by atoms with Crippen LogP contribution in [0, 0.1) is 11.8 Å². The second-order valence-electron chi connectivity index (χ2n) is 6.39. The Bertz CT molecular complexity index is 303. The lowest BCUT2D eigenvalue weighted by Gasteiger charge is -2.30. The summed E-state index contributed by atoms with van der Waals surface area (Å²) in [4.78, 5) is 16.2. The predicted molar refractivity (Wildman–Crippen MR) is 79.6 cm³/mol. The van der Waals surface area contributed by atoms with Crippen molar-refractivity contribution >= 4 is 6.03 Å². The predicted octanol–water partition coefficient (Wildman–Crippen LogP) is 1.13. The first-order valence-corrected chi connectivity index (χ1v) is 8.05. The molecule has 0 aromatic rings. The van der Waals surface area contributed by atoms with Crippen molar-refractivity contribution in [2.75, 3.05) is 45.9 Å². The molecule has 2 aliphatic heterocycles. The lowest BCUT2D eigenvalue weighted by molar-refractivity contribution is 0.186. The quantitative estimate of drug-likeness (QED) is 0.744. The average Bonchev–Trinajstić information content (AvgIpc) is 2.94. The molecule has 2 amide bonds. The first kappa shape index (κ1) is 15.6. The molecule has 0 radical (unpaired) electrons. The molecule has 2 aliphatic rings. The number of aliphatic hydroxyl groups is 1. The number of carbonyl (C=O) groups is 1. The number of nitrogens with one attached hydrogen (secondary N) is 1. The van der Waals surface area contributed by atoms with Crippen molar-refractivity contribution in [1.29, 1.82) is 0 Å². The molecule has 0 aromatic heterocycles. The van der Waals surface area contributed by atoms with Crippen LogP contribution >= 0.6 is 0 Å². The van der Waals surface area contributed by atoms with Crippen LogP contribution in [-0.2, 0) is 0 Å². The third-order valence-electron chi connectivity index (χ3n) is 4.63. The highest BCUT2D eigenvalue weighted by atomic mass is 16.3. The van der Waals surface area contributed by atoms with Crippen LogP contribution in [0.2, 0.25) is 0 Å². The topological polar surface area (TPSA) is 55.8 Å². The highest BCUT2D eigenvalue weighted by Gasteiger charge is 2.25. The fourth-order valence-corrected chi connectivity index (χ4v) is 3.06. The Kier molecular flexibility index (Phi) is 6.10. The van der Waals surface area contributed by atoms with E-state index >= 15 is 0 Å². The largest absolute Gasteiger partial charge is 0.396 e. The number of urea groups is 1. The molecular weight excluding hydrogens is 254 g/mol. The molecule has 5 heteroatoms. The molecular formula is C15H29N3O2. The van der Waals surface area contributed by atoms with E-state index in [-0.39, 0.29) is 18.6 Å². The smallest absolute Gasteiger partial charge is 0.317 e. The first-order valence-electron chi connectivity index (χ1n) is 8.05. The van der Waals surface area contributed by atoms with Crippen LogP contribution in [-0.4, -0.2) is 66.8 Å². The number of hydrogen-bond acceptors (Lipinski definition) is 3.